The van der Waals surface area contributed by atoms with Gasteiger partial charge in [-0.1, -0.05) is 29.8 Å². The van der Waals surface area contributed by atoms with Crippen LogP contribution in [0.15, 0.2) is 41.3 Å². The van der Waals surface area contributed by atoms with Crippen LogP contribution in [0.4, 0.5) is 5.69 Å². The summed E-state index contributed by atoms with van der Waals surface area (Å²) < 4.78 is 0. The van der Waals surface area contributed by atoms with E-state index < -0.39 is 5.25 Å². The Morgan fingerprint density at radius 2 is 1.84 bits per heavy atom. The Labute approximate surface area is 152 Å². The van der Waals surface area contributed by atoms with Crippen LogP contribution in [0, 0.1) is 20.8 Å². The Kier molecular flexibility index (Phi) is 5.13. The van der Waals surface area contributed by atoms with Crippen molar-refractivity contribution < 1.29 is 9.59 Å². The van der Waals surface area contributed by atoms with Crippen molar-refractivity contribution in [3.05, 3.63) is 58.7 Å². The number of anilines is 1. The number of hydrogen-bond donors (Lipinski definition) is 2. The summed E-state index contributed by atoms with van der Waals surface area (Å²) in [6.07, 6.45) is 0.175. The van der Waals surface area contributed by atoms with Gasteiger partial charge in [0.1, 0.15) is 0 Å². The number of fused-ring (bicyclic) bond motifs is 1. The number of benzene rings is 2. The van der Waals surface area contributed by atoms with E-state index in [2.05, 4.69) is 43.5 Å². The number of rotatable bonds is 4. The molecule has 0 spiro atoms. The van der Waals surface area contributed by atoms with Crippen molar-refractivity contribution in [3.63, 3.8) is 0 Å². The zero-order valence-electron chi connectivity index (χ0n) is 14.7. The lowest BCUT2D eigenvalue weighted by Gasteiger charge is -2.23. The van der Waals surface area contributed by atoms with Crippen molar-refractivity contribution in [1.82, 2.24) is 5.32 Å². The van der Waals surface area contributed by atoms with E-state index in [0.29, 0.717) is 6.54 Å². The third kappa shape index (κ3) is 4.04. The average molecular weight is 354 g/mol. The molecule has 0 bridgehead atoms. The second kappa shape index (κ2) is 7.31. The van der Waals surface area contributed by atoms with Gasteiger partial charge in [0.15, 0.2) is 0 Å². The molecule has 0 saturated carbocycles. The monoisotopic (exact) mass is 354 g/mol. The number of amides is 2. The van der Waals surface area contributed by atoms with Gasteiger partial charge < -0.3 is 10.6 Å². The van der Waals surface area contributed by atoms with Gasteiger partial charge >= 0.3 is 0 Å². The lowest BCUT2D eigenvalue weighted by molar-refractivity contribution is -0.124. The maximum Gasteiger partial charge on any atom is 0.238 e. The summed E-state index contributed by atoms with van der Waals surface area (Å²) in [7, 11) is 0. The predicted molar refractivity (Wildman–Crippen MR) is 102 cm³/mol. The van der Waals surface area contributed by atoms with Gasteiger partial charge in [-0.25, -0.2) is 0 Å². The van der Waals surface area contributed by atoms with E-state index in [1.807, 2.05) is 24.3 Å². The lowest BCUT2D eigenvalue weighted by atomic mass is 10.00. The molecule has 0 aliphatic carbocycles. The average Bonchev–Trinajstić information content (AvgIpc) is 2.54. The highest BCUT2D eigenvalue weighted by atomic mass is 32.2. The molecule has 0 aromatic heterocycles. The molecule has 0 saturated heterocycles. The quantitative estimate of drug-likeness (QED) is 0.879. The molecular weight excluding hydrogens is 332 g/mol. The molecule has 1 aliphatic rings. The highest BCUT2D eigenvalue weighted by Gasteiger charge is 2.28. The van der Waals surface area contributed by atoms with Crippen LogP contribution in [0.2, 0.25) is 0 Å². The zero-order valence-corrected chi connectivity index (χ0v) is 15.5. The Balaban J connectivity index is 1.61. The summed E-state index contributed by atoms with van der Waals surface area (Å²) >= 11 is 1.45. The normalized spacial score (nSPS) is 16.1. The topological polar surface area (TPSA) is 58.2 Å². The third-order valence-corrected chi connectivity index (χ3v) is 5.66. The van der Waals surface area contributed by atoms with Crippen LogP contribution in [0.3, 0.4) is 0 Å². The molecule has 5 heteroatoms. The van der Waals surface area contributed by atoms with E-state index in [1.165, 1.54) is 28.5 Å². The molecule has 1 unspecified atom stereocenters. The van der Waals surface area contributed by atoms with E-state index in [0.717, 1.165) is 16.1 Å². The van der Waals surface area contributed by atoms with Crippen LogP contribution in [0.25, 0.3) is 0 Å². The first-order chi connectivity index (χ1) is 11.9. The highest BCUT2D eigenvalue weighted by Crippen LogP contribution is 2.36. The lowest BCUT2D eigenvalue weighted by Crippen LogP contribution is -2.34. The minimum Gasteiger partial charge on any atom is -0.352 e. The molecular formula is C20H22N2O2S. The van der Waals surface area contributed by atoms with Crippen molar-refractivity contribution in [1.29, 1.82) is 0 Å². The predicted octanol–water partition coefficient (Wildman–Crippen LogP) is 3.73. The number of carbonyl (C=O) groups is 2. The second-order valence-electron chi connectivity index (χ2n) is 6.45. The number of nitrogens with one attached hydrogen (secondary N) is 2. The molecule has 2 amide bonds. The summed E-state index contributed by atoms with van der Waals surface area (Å²) in [5.41, 5.74) is 5.54. The number of hydrogen-bond acceptors (Lipinski definition) is 3. The van der Waals surface area contributed by atoms with Gasteiger partial charge in [-0.2, -0.15) is 0 Å². The van der Waals surface area contributed by atoms with E-state index in [1.54, 1.807) is 0 Å². The van der Waals surface area contributed by atoms with Gasteiger partial charge in [-0.05, 0) is 49.6 Å². The van der Waals surface area contributed by atoms with Crippen LogP contribution in [0.1, 0.15) is 28.7 Å². The second-order valence-corrected chi connectivity index (χ2v) is 7.69. The standard InChI is InChI=1S/C20H22N2O2S/c1-12-8-13(2)15(14(3)9-12)11-21-19(23)10-18-20(24)22-16-6-4-5-7-17(16)25-18/h4-9,18H,10-11H2,1-3H3,(H,21,23)(H,22,24). The maximum absolute atomic E-state index is 12.3. The fourth-order valence-corrected chi connectivity index (χ4v) is 4.25. The third-order valence-electron chi connectivity index (χ3n) is 4.38. The smallest absolute Gasteiger partial charge is 0.238 e. The molecule has 2 aromatic carbocycles. The van der Waals surface area contributed by atoms with Crippen molar-refractivity contribution in [2.75, 3.05) is 5.32 Å². The molecule has 25 heavy (non-hydrogen) atoms. The summed E-state index contributed by atoms with van der Waals surface area (Å²) in [4.78, 5) is 25.5. The molecule has 2 aromatic rings. The van der Waals surface area contributed by atoms with E-state index >= 15 is 0 Å². The highest BCUT2D eigenvalue weighted by molar-refractivity contribution is 8.01. The zero-order chi connectivity index (χ0) is 18.0. The molecule has 4 nitrogen and oxygen atoms in total. The van der Waals surface area contributed by atoms with E-state index in [-0.39, 0.29) is 18.2 Å². The van der Waals surface area contributed by atoms with Crippen molar-refractivity contribution in [2.45, 2.75) is 43.9 Å². The Bertz CT molecular complexity index is 809. The SMILES string of the molecule is Cc1cc(C)c(CNC(=O)CC2Sc3ccccc3NC2=O)c(C)c1. The summed E-state index contributed by atoms with van der Waals surface area (Å²) in [5, 5.41) is 5.44. The van der Waals surface area contributed by atoms with Crippen molar-refractivity contribution >= 4 is 29.3 Å². The van der Waals surface area contributed by atoms with Crippen LogP contribution < -0.4 is 10.6 Å². The van der Waals surface area contributed by atoms with Crippen molar-refractivity contribution in [3.8, 4) is 0 Å². The number of para-hydroxylation sites is 1. The largest absolute Gasteiger partial charge is 0.352 e. The molecule has 1 heterocycles. The number of carbonyl (C=O) groups excluding carboxylic acids is 2. The molecule has 0 radical (unpaired) electrons. The van der Waals surface area contributed by atoms with Gasteiger partial charge in [0.25, 0.3) is 0 Å². The molecule has 3 rings (SSSR count). The van der Waals surface area contributed by atoms with Crippen molar-refractivity contribution in [2.24, 2.45) is 0 Å². The van der Waals surface area contributed by atoms with Gasteiger partial charge in [0.2, 0.25) is 11.8 Å². The summed E-state index contributed by atoms with van der Waals surface area (Å²) in [6, 6.07) is 11.9. The minimum atomic E-state index is -0.393. The molecule has 0 fully saturated rings. The van der Waals surface area contributed by atoms with Crippen LogP contribution in [-0.2, 0) is 16.1 Å². The molecule has 1 atom stereocenters. The molecule has 1 aliphatic heterocycles. The van der Waals surface area contributed by atoms with Gasteiger partial charge in [-0.15, -0.1) is 11.8 Å². The number of aryl methyl sites for hydroxylation is 3. The summed E-state index contributed by atoms with van der Waals surface area (Å²) in [6.45, 7) is 6.68. The first-order valence-corrected chi connectivity index (χ1v) is 9.22. The Morgan fingerprint density at radius 3 is 2.56 bits per heavy atom. The van der Waals surface area contributed by atoms with E-state index in [4.69, 9.17) is 0 Å². The fourth-order valence-electron chi connectivity index (χ4n) is 3.14. The van der Waals surface area contributed by atoms with Crippen LogP contribution in [0.5, 0.6) is 0 Å². The van der Waals surface area contributed by atoms with Crippen LogP contribution in [-0.4, -0.2) is 17.1 Å². The Morgan fingerprint density at radius 1 is 1.16 bits per heavy atom. The first kappa shape index (κ1) is 17.5. The van der Waals surface area contributed by atoms with Gasteiger partial charge in [-0.3, -0.25) is 9.59 Å². The van der Waals surface area contributed by atoms with E-state index in [9.17, 15) is 9.59 Å². The number of thioether (sulfide) groups is 1. The van der Waals surface area contributed by atoms with Gasteiger partial charge in [0.05, 0.1) is 10.9 Å². The molecule has 2 N–H and O–H groups in total. The molecule has 130 valence electrons. The van der Waals surface area contributed by atoms with Gasteiger partial charge in [0, 0.05) is 17.9 Å². The fraction of sp³-hybridized carbons (Fsp3) is 0.300. The summed E-state index contributed by atoms with van der Waals surface area (Å²) in [5.74, 6) is -0.215. The minimum absolute atomic E-state index is 0.105. The first-order valence-electron chi connectivity index (χ1n) is 8.34. The van der Waals surface area contributed by atoms with Crippen LogP contribution >= 0.6 is 11.8 Å². The maximum atomic E-state index is 12.3. The Hall–Kier alpha value is -2.27.